The number of hydrogen-bond acceptors (Lipinski definition) is 7. The molecular formula is C20H14N5O2S+. The van der Waals surface area contributed by atoms with E-state index in [9.17, 15) is 4.21 Å². The van der Waals surface area contributed by atoms with Crippen molar-refractivity contribution in [2.75, 3.05) is 24.7 Å². The van der Waals surface area contributed by atoms with Gasteiger partial charge in [0.05, 0.1) is 41.6 Å². The number of pyridine rings is 1. The highest BCUT2D eigenvalue weighted by atomic mass is 32.1. The summed E-state index contributed by atoms with van der Waals surface area (Å²) in [4.78, 5) is 16.1. The van der Waals surface area contributed by atoms with E-state index in [1.807, 2.05) is 23.1 Å². The standard InChI is InChI=1S/C20H14N5O2S/c21-7-13-3-4-22-17(5-13)14-8-23-19(24-9-14)25-10-20(11-27-12-20)16-2-1-15(28-26)6-18(16)25/h1-6,8-9H,10-12H2/q+1. The predicted octanol–water partition coefficient (Wildman–Crippen LogP) is 2.62. The van der Waals surface area contributed by atoms with E-state index in [1.165, 1.54) is 5.56 Å². The van der Waals surface area contributed by atoms with Crippen molar-refractivity contribution < 1.29 is 8.95 Å². The quantitative estimate of drug-likeness (QED) is 0.637. The summed E-state index contributed by atoms with van der Waals surface area (Å²) in [6.45, 7) is 2.03. The van der Waals surface area contributed by atoms with Crippen molar-refractivity contribution in [2.45, 2.75) is 10.3 Å². The average molecular weight is 388 g/mol. The van der Waals surface area contributed by atoms with Gasteiger partial charge in [-0.15, -0.1) is 0 Å². The Bertz CT molecular complexity index is 1120. The minimum absolute atomic E-state index is 0.0634. The van der Waals surface area contributed by atoms with Crippen LogP contribution >= 0.6 is 0 Å². The van der Waals surface area contributed by atoms with Crippen LogP contribution in [0.3, 0.4) is 0 Å². The number of rotatable bonds is 3. The summed E-state index contributed by atoms with van der Waals surface area (Å²) in [7, 11) is 0. The van der Waals surface area contributed by atoms with Gasteiger partial charge in [0.15, 0.2) is 0 Å². The molecule has 8 heteroatoms. The van der Waals surface area contributed by atoms with Gasteiger partial charge >= 0.3 is 11.7 Å². The van der Waals surface area contributed by atoms with Gasteiger partial charge in [-0.2, -0.15) is 5.26 Å². The third-order valence-corrected chi connectivity index (χ3v) is 5.66. The fourth-order valence-corrected chi connectivity index (χ4v) is 4.02. The molecule has 0 bridgehead atoms. The van der Waals surface area contributed by atoms with Crippen LogP contribution in [0, 0.1) is 11.3 Å². The van der Waals surface area contributed by atoms with E-state index < -0.39 is 0 Å². The van der Waals surface area contributed by atoms with E-state index in [1.54, 1.807) is 30.7 Å². The van der Waals surface area contributed by atoms with Crippen LogP contribution in [0.5, 0.6) is 0 Å². The second-order valence-electron chi connectivity index (χ2n) is 6.93. The Morgan fingerprint density at radius 2 is 1.96 bits per heavy atom. The highest BCUT2D eigenvalue weighted by molar-refractivity contribution is 7.65. The first kappa shape index (κ1) is 16.9. The van der Waals surface area contributed by atoms with Crippen molar-refractivity contribution in [3.8, 4) is 17.3 Å². The topological polar surface area (TPSA) is 92.0 Å². The number of benzene rings is 1. The van der Waals surface area contributed by atoms with E-state index in [2.05, 4.69) is 21.0 Å². The Hall–Kier alpha value is -3.28. The maximum atomic E-state index is 11.3. The molecule has 4 heterocycles. The summed E-state index contributed by atoms with van der Waals surface area (Å²) in [6.07, 6.45) is 5.01. The van der Waals surface area contributed by atoms with Crippen molar-refractivity contribution >= 4 is 23.3 Å². The Morgan fingerprint density at radius 3 is 2.64 bits per heavy atom. The second-order valence-corrected chi connectivity index (χ2v) is 7.57. The predicted molar refractivity (Wildman–Crippen MR) is 102 cm³/mol. The molecule has 28 heavy (non-hydrogen) atoms. The Morgan fingerprint density at radius 1 is 1.14 bits per heavy atom. The molecule has 7 nitrogen and oxygen atoms in total. The van der Waals surface area contributed by atoms with Gasteiger partial charge < -0.3 is 9.64 Å². The fourth-order valence-electron chi connectivity index (χ4n) is 3.73. The number of anilines is 2. The van der Waals surface area contributed by atoms with Gasteiger partial charge in [0.1, 0.15) is 0 Å². The summed E-state index contributed by atoms with van der Waals surface area (Å²) in [5, 5.41) is 9.06. The molecule has 0 aliphatic carbocycles. The lowest BCUT2D eigenvalue weighted by molar-refractivity contribution is -0.0507. The van der Waals surface area contributed by atoms with Crippen LogP contribution in [-0.2, 0) is 26.0 Å². The van der Waals surface area contributed by atoms with Crippen molar-refractivity contribution in [3.63, 3.8) is 0 Å². The highest BCUT2D eigenvalue weighted by Crippen LogP contribution is 2.47. The molecule has 0 atom stereocenters. The normalized spacial score (nSPS) is 16.3. The molecule has 136 valence electrons. The fraction of sp³-hybridized carbons (Fsp3) is 0.200. The van der Waals surface area contributed by atoms with Gasteiger partial charge in [0.25, 0.3) is 4.90 Å². The van der Waals surface area contributed by atoms with Crippen LogP contribution in [0.2, 0.25) is 0 Å². The molecule has 1 spiro atoms. The zero-order valence-corrected chi connectivity index (χ0v) is 15.5. The lowest BCUT2D eigenvalue weighted by Gasteiger charge is -2.38. The average Bonchev–Trinajstić information content (AvgIpc) is 3.09. The van der Waals surface area contributed by atoms with Crippen molar-refractivity contribution in [3.05, 3.63) is 60.0 Å². The molecule has 0 unspecified atom stereocenters. The molecule has 3 aromatic rings. The van der Waals surface area contributed by atoms with Crippen LogP contribution in [-0.4, -0.2) is 34.7 Å². The van der Waals surface area contributed by atoms with Gasteiger partial charge in [0.2, 0.25) is 5.95 Å². The van der Waals surface area contributed by atoms with Crippen LogP contribution in [0.15, 0.2) is 53.8 Å². The van der Waals surface area contributed by atoms with E-state index in [-0.39, 0.29) is 5.41 Å². The summed E-state index contributed by atoms with van der Waals surface area (Å²) < 4.78 is 16.8. The van der Waals surface area contributed by atoms with Crippen molar-refractivity contribution in [2.24, 2.45) is 0 Å². The van der Waals surface area contributed by atoms with Gasteiger partial charge in [-0.1, -0.05) is 6.07 Å². The Labute approximate surface area is 165 Å². The molecule has 0 radical (unpaired) electrons. The number of nitrogens with zero attached hydrogens (tertiary/aromatic N) is 5. The summed E-state index contributed by atoms with van der Waals surface area (Å²) in [5.74, 6) is 0.568. The SMILES string of the molecule is N#Cc1ccnc(-c2cnc(N3CC4(COC4)c4ccc([S+]=O)cc43)nc2)c1. The number of nitriles is 1. The lowest BCUT2D eigenvalue weighted by atomic mass is 9.81. The Balaban J connectivity index is 1.52. The lowest BCUT2D eigenvalue weighted by Crippen LogP contribution is -2.49. The first-order valence-corrected chi connectivity index (χ1v) is 9.45. The van der Waals surface area contributed by atoms with Gasteiger partial charge in [-0.3, -0.25) is 4.98 Å². The molecule has 0 N–H and O–H groups in total. The zero-order valence-electron chi connectivity index (χ0n) is 14.7. The third-order valence-electron chi connectivity index (χ3n) is 5.21. The minimum Gasteiger partial charge on any atom is -0.379 e. The smallest absolute Gasteiger partial charge is 0.379 e. The summed E-state index contributed by atoms with van der Waals surface area (Å²) in [6, 6.07) is 11.3. The first-order chi connectivity index (χ1) is 13.7. The molecule has 2 aliphatic rings. The molecule has 0 amide bonds. The van der Waals surface area contributed by atoms with E-state index in [0.717, 1.165) is 17.8 Å². The van der Waals surface area contributed by atoms with Crippen LogP contribution in [0.4, 0.5) is 11.6 Å². The number of fused-ring (bicyclic) bond motifs is 2. The molecule has 0 saturated carbocycles. The van der Waals surface area contributed by atoms with Crippen molar-refractivity contribution in [1.29, 1.82) is 5.26 Å². The van der Waals surface area contributed by atoms with Crippen LogP contribution in [0.25, 0.3) is 11.3 Å². The second kappa shape index (κ2) is 6.41. The van der Waals surface area contributed by atoms with Crippen LogP contribution < -0.4 is 4.90 Å². The molecule has 5 rings (SSSR count). The van der Waals surface area contributed by atoms with E-state index >= 15 is 0 Å². The summed E-state index contributed by atoms with van der Waals surface area (Å²) in [5.41, 5.74) is 4.00. The Kier molecular flexibility index (Phi) is 3.86. The highest BCUT2D eigenvalue weighted by Gasteiger charge is 2.50. The maximum Gasteiger partial charge on any atom is 0.505 e. The zero-order chi connectivity index (χ0) is 19.1. The number of ether oxygens (including phenoxy) is 1. The van der Waals surface area contributed by atoms with E-state index in [0.29, 0.717) is 47.0 Å². The summed E-state index contributed by atoms with van der Waals surface area (Å²) >= 11 is 0.478. The number of aromatic nitrogens is 3. The third kappa shape index (κ3) is 2.56. The van der Waals surface area contributed by atoms with Crippen molar-refractivity contribution in [1.82, 2.24) is 15.0 Å². The first-order valence-electron chi connectivity index (χ1n) is 8.71. The van der Waals surface area contributed by atoms with Gasteiger partial charge in [-0.05, 0) is 17.7 Å². The number of hydrogen-bond donors (Lipinski definition) is 0. The molecular weight excluding hydrogens is 374 g/mol. The van der Waals surface area contributed by atoms with Crippen LogP contribution in [0.1, 0.15) is 11.1 Å². The molecule has 1 aromatic carbocycles. The molecule has 1 saturated heterocycles. The maximum absolute atomic E-state index is 11.3. The molecule has 2 aliphatic heterocycles. The molecule has 1 fully saturated rings. The van der Waals surface area contributed by atoms with Gasteiger partial charge in [-0.25, -0.2) is 9.97 Å². The molecule has 2 aromatic heterocycles. The van der Waals surface area contributed by atoms with E-state index in [4.69, 9.17) is 10.00 Å². The minimum atomic E-state index is -0.0634. The monoisotopic (exact) mass is 388 g/mol. The largest absolute Gasteiger partial charge is 0.505 e. The van der Waals surface area contributed by atoms with Gasteiger partial charge in [0, 0.05) is 47.0 Å².